The van der Waals surface area contributed by atoms with E-state index in [2.05, 4.69) is 0 Å². The molecule has 1 amide bonds. The van der Waals surface area contributed by atoms with E-state index in [4.69, 9.17) is 5.52 Å². The van der Waals surface area contributed by atoms with Gasteiger partial charge in [0.05, 0.1) is 1.37 Å². The number of carbonyl (C=O) groups excluding carboxylic acids is 1. The van der Waals surface area contributed by atoms with Crippen LogP contribution in [0.15, 0.2) is 0 Å². The second-order valence-electron chi connectivity index (χ2n) is 2.52. The van der Waals surface area contributed by atoms with Crippen LogP contribution in [0.1, 0.15) is 38.2 Å². The summed E-state index contributed by atoms with van der Waals surface area (Å²) in [4.78, 5) is 10.9. The van der Waals surface area contributed by atoms with Crippen molar-refractivity contribution in [2.45, 2.75) is 40.1 Å². The van der Waals surface area contributed by atoms with Gasteiger partial charge >= 0.3 is 0 Å². The number of hydrogen-bond acceptors (Lipinski definition) is 1. The predicted octanol–water partition coefficient (Wildman–Crippen LogP) is 1.56. The van der Waals surface area contributed by atoms with Crippen molar-refractivity contribution in [2.24, 2.45) is 5.92 Å². The first kappa shape index (κ1) is 4.37. The zero-order valence-corrected chi connectivity index (χ0v) is 6.93. The molecule has 0 saturated heterocycles. The van der Waals surface area contributed by atoms with Crippen molar-refractivity contribution in [2.75, 3.05) is 0 Å². The Balaban J connectivity index is 5.03. The van der Waals surface area contributed by atoms with Crippen LogP contribution in [-0.4, -0.2) is 11.9 Å². The van der Waals surface area contributed by atoms with Crippen LogP contribution in [0, 0.1) is 5.92 Å². The van der Waals surface area contributed by atoms with Crippen molar-refractivity contribution in [3.63, 3.8) is 0 Å². The highest BCUT2D eigenvalue weighted by molar-refractivity contribution is 5.73. The van der Waals surface area contributed by atoms with E-state index in [0.29, 0.717) is 5.31 Å². The van der Waals surface area contributed by atoms with Gasteiger partial charge in [-0.1, -0.05) is 13.8 Å². The summed E-state index contributed by atoms with van der Waals surface area (Å²) in [6.07, 6.45) is -1.92. The summed E-state index contributed by atoms with van der Waals surface area (Å²) < 4.78 is 30.4. The van der Waals surface area contributed by atoms with Crippen molar-refractivity contribution < 1.29 is 10.3 Å². The van der Waals surface area contributed by atoms with E-state index in [1.165, 1.54) is 6.92 Å². The summed E-state index contributed by atoms with van der Waals surface area (Å²) in [5, 5.41) is 0.382. The molecule has 0 aromatic carbocycles. The van der Waals surface area contributed by atoms with E-state index in [9.17, 15) is 4.79 Å². The van der Waals surface area contributed by atoms with E-state index >= 15 is 0 Å². The van der Waals surface area contributed by atoms with E-state index in [-0.39, 0.29) is 0 Å². The zero-order valence-electron chi connectivity index (χ0n) is 10.9. The minimum atomic E-state index is -1.92. The van der Waals surface area contributed by atoms with Crippen molar-refractivity contribution in [1.82, 2.24) is 5.31 Å². The van der Waals surface area contributed by atoms with Crippen LogP contribution in [-0.2, 0) is 4.79 Å². The van der Waals surface area contributed by atoms with Gasteiger partial charge < -0.3 is 5.31 Å². The fraction of sp³-hybridized carbons (Fsp3) is 0.875. The Morgan fingerprint density at radius 2 is 2.30 bits per heavy atom. The van der Waals surface area contributed by atoms with Gasteiger partial charge in [-0.25, -0.2) is 0 Å². The minimum absolute atomic E-state index is 0.382. The average molecular weight is 147 g/mol. The molecule has 0 fully saturated rings. The lowest BCUT2D eigenvalue weighted by Crippen LogP contribution is -2.31. The Kier molecular flexibility index (Phi) is 1.88. The molecule has 1 N–H and O–H groups in total. The first-order chi connectivity index (χ1) is 6.05. The van der Waals surface area contributed by atoms with Gasteiger partial charge in [0.15, 0.2) is 1.41 Å². The molecule has 0 saturated carbocycles. The molecule has 0 aromatic rings. The third kappa shape index (κ3) is 5.60. The van der Waals surface area contributed by atoms with E-state index < -0.39 is 24.2 Å². The van der Waals surface area contributed by atoms with E-state index in [1.807, 2.05) is 0 Å². The van der Waals surface area contributed by atoms with Crippen LogP contribution in [0.2, 0.25) is 1.41 Å². The highest BCUT2D eigenvalue weighted by Crippen LogP contribution is 2.02. The van der Waals surface area contributed by atoms with Crippen LogP contribution >= 0.6 is 0 Å². The van der Waals surface area contributed by atoms with Crippen molar-refractivity contribution in [1.29, 1.82) is 0 Å². The Hall–Kier alpha value is -0.530. The normalized spacial score (nSPS) is 23.7. The fourth-order valence-corrected chi connectivity index (χ4v) is 0.686. The lowest BCUT2D eigenvalue weighted by atomic mass is 10.1. The van der Waals surface area contributed by atoms with E-state index in [0.717, 1.165) is 6.92 Å². The van der Waals surface area contributed by atoms with Crippen molar-refractivity contribution in [3.05, 3.63) is 0 Å². The minimum Gasteiger partial charge on any atom is -0.354 e. The van der Waals surface area contributed by atoms with Crippen molar-refractivity contribution in [3.8, 4) is 0 Å². The van der Waals surface area contributed by atoms with E-state index in [1.54, 1.807) is 13.8 Å². The van der Waals surface area contributed by atoms with Crippen LogP contribution in [0.25, 0.3) is 0 Å². The second kappa shape index (κ2) is 4.31. The summed E-state index contributed by atoms with van der Waals surface area (Å²) in [5.74, 6) is -1.07. The number of rotatable bonds is 3. The summed E-state index contributed by atoms with van der Waals surface area (Å²) >= 11 is 0. The van der Waals surface area contributed by atoms with Crippen molar-refractivity contribution >= 4 is 5.91 Å². The molecule has 1 atom stereocenters. The third-order valence-electron chi connectivity index (χ3n) is 0.823. The van der Waals surface area contributed by atoms with Gasteiger partial charge in [-0.15, -0.1) is 0 Å². The first-order valence-electron chi connectivity index (χ1n) is 5.29. The summed E-state index contributed by atoms with van der Waals surface area (Å²) in [6.45, 7) is 5.64. The SMILES string of the molecule is [2H]N(C(C)=O)[C@@]([2H])(C)C([2H])([2H])C(C)C. The zero-order chi connectivity index (χ0) is 11.7. The molecular weight excluding hydrogens is 126 g/mol. The van der Waals surface area contributed by atoms with Crippen LogP contribution in [0.5, 0.6) is 0 Å². The monoisotopic (exact) mass is 147 g/mol. The average Bonchev–Trinajstić information content (AvgIpc) is 2.01. The highest BCUT2D eigenvalue weighted by atomic mass is 16.1. The molecular formula is C8H17NO. The molecule has 0 heterocycles. The molecule has 60 valence electrons. The smallest absolute Gasteiger partial charge is 0.217 e. The standard InChI is InChI=1S/C8H17NO/c1-6(2)5-7(3)9-8(4)10/h6-7H,5H2,1-4H3,(H,9,10)/t7-/m0/s1/i5D2,7D/hD. The predicted molar refractivity (Wildman–Crippen MR) is 42.7 cm³/mol. The van der Waals surface area contributed by atoms with Gasteiger partial charge in [0, 0.05) is 15.7 Å². The molecule has 0 spiro atoms. The van der Waals surface area contributed by atoms with Gasteiger partial charge in [0.25, 0.3) is 0 Å². The van der Waals surface area contributed by atoms with Gasteiger partial charge in [0.2, 0.25) is 5.91 Å². The number of amides is 1. The van der Waals surface area contributed by atoms with Crippen LogP contribution in [0.3, 0.4) is 0 Å². The molecule has 0 rings (SSSR count). The maximum atomic E-state index is 10.9. The number of nitrogens with one attached hydrogen (secondary N) is 1. The van der Waals surface area contributed by atoms with Gasteiger partial charge in [-0.05, 0) is 19.2 Å². The molecule has 0 aliphatic heterocycles. The maximum absolute atomic E-state index is 10.9. The Morgan fingerprint density at radius 1 is 1.80 bits per heavy atom. The fourth-order valence-electron chi connectivity index (χ4n) is 0.686. The Labute approximate surface area is 68.7 Å². The van der Waals surface area contributed by atoms with Gasteiger partial charge in [-0.2, -0.15) is 0 Å². The molecule has 0 aliphatic rings. The lowest BCUT2D eigenvalue weighted by Gasteiger charge is -2.13. The van der Waals surface area contributed by atoms with Gasteiger partial charge in [-0.3, -0.25) is 4.79 Å². The van der Waals surface area contributed by atoms with Crippen LogP contribution in [0.4, 0.5) is 0 Å². The number of hydrogen-bond donors (Lipinski definition) is 1. The Morgan fingerprint density at radius 3 is 2.60 bits per heavy atom. The largest absolute Gasteiger partial charge is 0.354 e. The molecule has 0 bridgehead atoms. The highest BCUT2D eigenvalue weighted by Gasteiger charge is 2.04. The molecule has 0 aliphatic carbocycles. The number of carbonyl (C=O) groups is 1. The third-order valence-corrected chi connectivity index (χ3v) is 0.823. The topological polar surface area (TPSA) is 29.1 Å². The molecule has 2 nitrogen and oxygen atoms in total. The summed E-state index contributed by atoms with van der Waals surface area (Å²) in [6, 6.07) is -1.87. The van der Waals surface area contributed by atoms with Gasteiger partial charge in [0.1, 0.15) is 0 Å². The molecule has 0 unspecified atom stereocenters. The second-order valence-corrected chi connectivity index (χ2v) is 2.52. The summed E-state index contributed by atoms with van der Waals surface area (Å²) in [7, 11) is 0. The Bertz CT molecular complexity index is 227. The quantitative estimate of drug-likeness (QED) is 0.645. The molecule has 0 aromatic heterocycles. The molecule has 0 radical (unpaired) electrons. The first-order valence-corrected chi connectivity index (χ1v) is 3.34. The maximum Gasteiger partial charge on any atom is 0.217 e. The molecule has 2 heteroatoms. The molecule has 10 heavy (non-hydrogen) atoms. The lowest BCUT2D eigenvalue weighted by molar-refractivity contribution is -0.119. The summed E-state index contributed by atoms with van der Waals surface area (Å²) in [5.41, 5.74) is 0. The van der Waals surface area contributed by atoms with Crippen LogP contribution < -0.4 is 5.31 Å².